The molecular formula is C11H18N4O4. The van der Waals surface area contributed by atoms with Crippen LogP contribution in [0.2, 0.25) is 0 Å². The van der Waals surface area contributed by atoms with Crippen LogP contribution in [0.25, 0.3) is 0 Å². The van der Waals surface area contributed by atoms with Crippen LogP contribution in [0.3, 0.4) is 0 Å². The Kier molecular flexibility index (Phi) is 4.85. The second-order valence-electron chi connectivity index (χ2n) is 4.54. The van der Waals surface area contributed by atoms with Crippen LogP contribution in [-0.4, -0.2) is 48.4 Å². The van der Waals surface area contributed by atoms with E-state index < -0.39 is 24.0 Å². The largest absolute Gasteiger partial charge is 0.341 e. The normalized spacial score (nSPS) is 18.5. The maximum absolute atomic E-state index is 11.9. The topological polar surface area (TPSA) is 108 Å². The van der Waals surface area contributed by atoms with E-state index in [1.165, 1.54) is 7.05 Å². The Morgan fingerprint density at radius 1 is 1.37 bits per heavy atom. The minimum atomic E-state index is -0.623. The molecule has 3 N–H and O–H groups in total. The number of hydrogen-bond donors (Lipinski definition) is 3. The Bertz CT molecular complexity index is 407. The van der Waals surface area contributed by atoms with Crippen molar-refractivity contribution in [1.29, 1.82) is 0 Å². The SMILES string of the molecule is CNC(=O)NC(=O)CCN1C(=O)N[C@@H](C(C)C)C1=O. The molecule has 0 unspecified atom stereocenters. The highest BCUT2D eigenvalue weighted by atomic mass is 16.2. The van der Waals surface area contributed by atoms with Gasteiger partial charge in [-0.1, -0.05) is 13.8 Å². The highest BCUT2D eigenvalue weighted by Gasteiger charge is 2.39. The van der Waals surface area contributed by atoms with E-state index in [0.29, 0.717) is 0 Å². The zero-order valence-corrected chi connectivity index (χ0v) is 11.1. The predicted molar refractivity (Wildman–Crippen MR) is 66.1 cm³/mol. The fourth-order valence-electron chi connectivity index (χ4n) is 1.67. The molecule has 0 spiro atoms. The van der Waals surface area contributed by atoms with E-state index in [-0.39, 0.29) is 24.8 Å². The van der Waals surface area contributed by atoms with Crippen molar-refractivity contribution >= 4 is 23.9 Å². The first-order valence-corrected chi connectivity index (χ1v) is 6.00. The Hall–Kier alpha value is -2.12. The van der Waals surface area contributed by atoms with Crippen molar-refractivity contribution in [3.63, 3.8) is 0 Å². The molecule has 1 aliphatic heterocycles. The summed E-state index contributed by atoms with van der Waals surface area (Å²) < 4.78 is 0. The zero-order chi connectivity index (χ0) is 14.6. The van der Waals surface area contributed by atoms with Crippen LogP contribution in [0.5, 0.6) is 0 Å². The molecule has 0 aromatic rings. The van der Waals surface area contributed by atoms with Crippen molar-refractivity contribution in [3.8, 4) is 0 Å². The minimum Gasteiger partial charge on any atom is -0.341 e. The Morgan fingerprint density at radius 3 is 2.47 bits per heavy atom. The number of nitrogens with one attached hydrogen (secondary N) is 3. The van der Waals surface area contributed by atoms with Crippen molar-refractivity contribution in [3.05, 3.63) is 0 Å². The van der Waals surface area contributed by atoms with Crippen molar-refractivity contribution in [1.82, 2.24) is 20.9 Å². The number of urea groups is 2. The summed E-state index contributed by atoms with van der Waals surface area (Å²) in [6.07, 6.45) is -0.114. The summed E-state index contributed by atoms with van der Waals surface area (Å²) >= 11 is 0. The van der Waals surface area contributed by atoms with Crippen LogP contribution in [0, 0.1) is 5.92 Å². The van der Waals surface area contributed by atoms with Gasteiger partial charge < -0.3 is 10.6 Å². The molecule has 8 nitrogen and oxygen atoms in total. The molecule has 1 saturated heterocycles. The Balaban J connectivity index is 2.49. The van der Waals surface area contributed by atoms with Crippen molar-refractivity contribution in [2.45, 2.75) is 26.3 Å². The van der Waals surface area contributed by atoms with Gasteiger partial charge >= 0.3 is 12.1 Å². The van der Waals surface area contributed by atoms with Gasteiger partial charge in [-0.3, -0.25) is 19.8 Å². The Labute approximate surface area is 110 Å². The fraction of sp³-hybridized carbons (Fsp3) is 0.636. The lowest BCUT2D eigenvalue weighted by Gasteiger charge is -2.14. The van der Waals surface area contributed by atoms with Gasteiger partial charge in [0.1, 0.15) is 6.04 Å². The highest BCUT2D eigenvalue weighted by molar-refractivity contribution is 6.04. The second-order valence-corrected chi connectivity index (χ2v) is 4.54. The molecule has 1 fully saturated rings. The van der Waals surface area contributed by atoms with Gasteiger partial charge in [0, 0.05) is 20.0 Å². The van der Waals surface area contributed by atoms with E-state index in [4.69, 9.17) is 0 Å². The molecule has 1 rings (SSSR count). The monoisotopic (exact) mass is 270 g/mol. The van der Waals surface area contributed by atoms with Gasteiger partial charge in [-0.05, 0) is 5.92 Å². The summed E-state index contributed by atoms with van der Waals surface area (Å²) in [7, 11) is 1.38. The number of carbonyl (C=O) groups is 4. The number of rotatable bonds is 4. The van der Waals surface area contributed by atoms with Crippen molar-refractivity contribution < 1.29 is 19.2 Å². The lowest BCUT2D eigenvalue weighted by atomic mass is 10.1. The molecule has 0 bridgehead atoms. The first kappa shape index (κ1) is 14.9. The van der Waals surface area contributed by atoms with Crippen LogP contribution < -0.4 is 16.0 Å². The number of nitrogens with zero attached hydrogens (tertiary/aromatic N) is 1. The van der Waals surface area contributed by atoms with Gasteiger partial charge in [0.2, 0.25) is 5.91 Å². The summed E-state index contributed by atoms with van der Waals surface area (Å²) in [5, 5.41) is 6.85. The molecule has 1 atom stereocenters. The van der Waals surface area contributed by atoms with Gasteiger partial charge in [-0.15, -0.1) is 0 Å². The Morgan fingerprint density at radius 2 is 2.00 bits per heavy atom. The summed E-state index contributed by atoms with van der Waals surface area (Å²) in [6, 6.07) is -1.67. The quantitative estimate of drug-likeness (QED) is 0.593. The van der Waals surface area contributed by atoms with Gasteiger partial charge in [-0.2, -0.15) is 0 Å². The lowest BCUT2D eigenvalue weighted by Crippen LogP contribution is -2.40. The number of amides is 6. The average Bonchev–Trinajstić information content (AvgIpc) is 2.62. The van der Waals surface area contributed by atoms with E-state index in [2.05, 4.69) is 16.0 Å². The summed E-state index contributed by atoms with van der Waals surface area (Å²) in [4.78, 5) is 46.7. The smallest absolute Gasteiger partial charge is 0.324 e. The van der Waals surface area contributed by atoms with Crippen LogP contribution in [0.1, 0.15) is 20.3 Å². The van der Waals surface area contributed by atoms with Gasteiger partial charge in [0.05, 0.1) is 0 Å². The van der Waals surface area contributed by atoms with E-state index >= 15 is 0 Å². The summed E-state index contributed by atoms with van der Waals surface area (Å²) in [5.41, 5.74) is 0. The molecule has 0 aliphatic carbocycles. The third kappa shape index (κ3) is 3.67. The van der Waals surface area contributed by atoms with E-state index in [9.17, 15) is 19.2 Å². The zero-order valence-electron chi connectivity index (χ0n) is 11.1. The molecule has 1 heterocycles. The molecule has 0 radical (unpaired) electrons. The molecule has 0 aromatic heterocycles. The maximum Gasteiger partial charge on any atom is 0.324 e. The first-order valence-electron chi connectivity index (χ1n) is 6.00. The van der Waals surface area contributed by atoms with Crippen LogP contribution in [0.15, 0.2) is 0 Å². The molecule has 106 valence electrons. The maximum atomic E-state index is 11.9. The van der Waals surface area contributed by atoms with Crippen molar-refractivity contribution in [2.75, 3.05) is 13.6 Å². The average molecular weight is 270 g/mol. The number of hydrogen-bond acceptors (Lipinski definition) is 4. The lowest BCUT2D eigenvalue weighted by molar-refractivity contribution is -0.128. The predicted octanol–water partition coefficient (Wildman–Crippen LogP) is -0.591. The molecule has 8 heteroatoms. The standard InChI is InChI=1S/C11H18N4O4/c1-6(2)8-9(17)15(11(19)14-8)5-4-7(16)13-10(18)12-3/h6,8H,4-5H2,1-3H3,(H,14,19)(H2,12,13,16,18)/t8-/m0/s1. The highest BCUT2D eigenvalue weighted by Crippen LogP contribution is 2.13. The summed E-state index contributed by atoms with van der Waals surface area (Å²) in [6.45, 7) is 3.60. The van der Waals surface area contributed by atoms with Gasteiger partial charge in [0.25, 0.3) is 5.91 Å². The van der Waals surface area contributed by atoms with E-state index in [0.717, 1.165) is 4.90 Å². The molecule has 0 aromatic carbocycles. The molecule has 0 saturated carbocycles. The van der Waals surface area contributed by atoms with E-state index in [1.807, 2.05) is 13.8 Å². The van der Waals surface area contributed by atoms with Crippen LogP contribution >= 0.6 is 0 Å². The molecule has 6 amide bonds. The van der Waals surface area contributed by atoms with Crippen LogP contribution in [-0.2, 0) is 9.59 Å². The molecular weight excluding hydrogens is 252 g/mol. The first-order chi connectivity index (χ1) is 8.86. The minimum absolute atomic E-state index is 0.0128. The molecule has 1 aliphatic rings. The third-order valence-corrected chi connectivity index (χ3v) is 2.77. The van der Waals surface area contributed by atoms with Crippen molar-refractivity contribution in [2.24, 2.45) is 5.92 Å². The number of carbonyl (C=O) groups excluding carboxylic acids is 4. The summed E-state index contributed by atoms with van der Waals surface area (Å²) in [5.74, 6) is -0.901. The van der Waals surface area contributed by atoms with Gasteiger partial charge in [0.15, 0.2) is 0 Å². The molecule has 19 heavy (non-hydrogen) atoms. The fourth-order valence-corrected chi connectivity index (χ4v) is 1.67. The third-order valence-electron chi connectivity index (χ3n) is 2.77. The number of imide groups is 2. The second kappa shape index (κ2) is 6.17. The van der Waals surface area contributed by atoms with Gasteiger partial charge in [-0.25, -0.2) is 9.59 Å². The van der Waals surface area contributed by atoms with E-state index in [1.54, 1.807) is 0 Å². The van der Waals surface area contributed by atoms with Crippen LogP contribution in [0.4, 0.5) is 9.59 Å².